The molecule has 2 N–H and O–H groups in total. The molecule has 2 atom stereocenters. The minimum Gasteiger partial charge on any atom is -0.373 e. The number of aromatic amines is 1. The molecule has 7 nitrogen and oxygen atoms in total. The highest BCUT2D eigenvalue weighted by Gasteiger charge is 2.30. The second-order valence-electron chi connectivity index (χ2n) is 6.61. The molecule has 0 amide bonds. The lowest BCUT2D eigenvalue weighted by Crippen LogP contribution is -2.24. The molecule has 136 valence electrons. The Labute approximate surface area is 152 Å². The van der Waals surface area contributed by atoms with Gasteiger partial charge in [0, 0.05) is 67.4 Å². The van der Waals surface area contributed by atoms with Crippen LogP contribution in [0.1, 0.15) is 30.6 Å². The van der Waals surface area contributed by atoms with Crippen molar-refractivity contribution < 1.29 is 4.74 Å². The molecule has 3 aromatic rings. The van der Waals surface area contributed by atoms with Gasteiger partial charge in [-0.1, -0.05) is 0 Å². The average Bonchev–Trinajstić information content (AvgIpc) is 3.42. The molecule has 0 unspecified atom stereocenters. The van der Waals surface area contributed by atoms with Gasteiger partial charge in [-0.05, 0) is 25.5 Å². The minimum atomic E-state index is 0.130. The van der Waals surface area contributed by atoms with Gasteiger partial charge < -0.3 is 10.1 Å². The van der Waals surface area contributed by atoms with Crippen molar-refractivity contribution in [1.82, 2.24) is 30.3 Å². The lowest BCUT2D eigenvalue weighted by Gasteiger charge is -2.18. The molecule has 0 radical (unpaired) electrons. The molecule has 0 spiro atoms. The van der Waals surface area contributed by atoms with Gasteiger partial charge in [-0.15, -0.1) is 0 Å². The summed E-state index contributed by atoms with van der Waals surface area (Å²) in [6.45, 7) is 5.45. The topological polar surface area (TPSA) is 80.6 Å². The Kier molecular flexibility index (Phi) is 5.08. The Morgan fingerprint density at radius 3 is 3.12 bits per heavy atom. The van der Waals surface area contributed by atoms with E-state index in [0.29, 0.717) is 5.92 Å². The zero-order valence-corrected chi connectivity index (χ0v) is 14.9. The summed E-state index contributed by atoms with van der Waals surface area (Å²) < 4.78 is 7.92. The zero-order valence-electron chi connectivity index (χ0n) is 14.9. The van der Waals surface area contributed by atoms with Crippen LogP contribution in [0.2, 0.25) is 0 Å². The van der Waals surface area contributed by atoms with Gasteiger partial charge in [-0.25, -0.2) is 0 Å². The molecule has 0 aliphatic carbocycles. The maximum Gasteiger partial charge on any atom is 0.0896 e. The highest BCUT2D eigenvalue weighted by Crippen LogP contribution is 2.34. The fraction of sp³-hybridized carbons (Fsp3) is 0.421. The van der Waals surface area contributed by atoms with E-state index >= 15 is 0 Å². The van der Waals surface area contributed by atoms with E-state index in [1.807, 2.05) is 35.4 Å². The third kappa shape index (κ3) is 3.54. The third-order valence-corrected chi connectivity index (χ3v) is 4.91. The highest BCUT2D eigenvalue weighted by molar-refractivity contribution is 5.61. The van der Waals surface area contributed by atoms with E-state index in [2.05, 4.69) is 38.7 Å². The molecular weight excluding hydrogens is 328 g/mol. The number of aromatic nitrogens is 5. The Morgan fingerprint density at radius 1 is 1.35 bits per heavy atom. The summed E-state index contributed by atoms with van der Waals surface area (Å²) in [4.78, 5) is 4.18. The van der Waals surface area contributed by atoms with Gasteiger partial charge >= 0.3 is 0 Å². The van der Waals surface area contributed by atoms with Crippen molar-refractivity contribution in [2.24, 2.45) is 5.92 Å². The van der Waals surface area contributed by atoms with Crippen LogP contribution in [0, 0.1) is 5.92 Å². The Balaban J connectivity index is 1.37. The number of nitrogens with zero attached hydrogens (tertiary/aromatic N) is 4. The molecule has 4 rings (SSSR count). The number of pyridine rings is 1. The number of aryl methyl sites for hydroxylation is 1. The van der Waals surface area contributed by atoms with Gasteiger partial charge in [0.25, 0.3) is 0 Å². The predicted molar refractivity (Wildman–Crippen MR) is 98.2 cm³/mol. The van der Waals surface area contributed by atoms with Crippen molar-refractivity contribution in [2.45, 2.75) is 32.5 Å². The molecular formula is C19H24N6O. The zero-order chi connectivity index (χ0) is 17.8. The lowest BCUT2D eigenvalue weighted by atomic mass is 9.97. The first-order valence-electron chi connectivity index (χ1n) is 9.12. The molecule has 1 fully saturated rings. The van der Waals surface area contributed by atoms with E-state index in [1.165, 1.54) is 5.56 Å². The number of nitrogens with one attached hydrogen (secondary N) is 2. The molecule has 4 heterocycles. The van der Waals surface area contributed by atoms with Crippen molar-refractivity contribution in [3.8, 4) is 11.3 Å². The first-order valence-corrected chi connectivity index (χ1v) is 9.12. The number of H-pyrrole nitrogens is 1. The summed E-state index contributed by atoms with van der Waals surface area (Å²) in [5.41, 5.74) is 4.40. The standard InChI is InChI=1S/C19H24N6O/c1-2-25-13-17(12-23-25)19-15(5-7-26-19)9-21-10-16-11-22-24-18(16)14-4-3-6-20-8-14/h3-4,6,8,11-13,15,19,21H,2,5,7,9-10H2,1H3,(H,22,24)/t15-,19+/m0/s1. The molecule has 1 aliphatic heterocycles. The van der Waals surface area contributed by atoms with Crippen molar-refractivity contribution in [3.63, 3.8) is 0 Å². The normalized spacial score (nSPS) is 19.9. The van der Waals surface area contributed by atoms with Gasteiger partial charge in [-0.3, -0.25) is 14.8 Å². The van der Waals surface area contributed by atoms with E-state index in [9.17, 15) is 0 Å². The number of hydrogen-bond donors (Lipinski definition) is 2. The van der Waals surface area contributed by atoms with Gasteiger partial charge in [0.15, 0.2) is 0 Å². The first-order chi connectivity index (χ1) is 12.8. The van der Waals surface area contributed by atoms with E-state index in [-0.39, 0.29) is 6.10 Å². The van der Waals surface area contributed by atoms with Crippen LogP contribution >= 0.6 is 0 Å². The van der Waals surface area contributed by atoms with Gasteiger partial charge in [-0.2, -0.15) is 10.2 Å². The molecule has 0 saturated carbocycles. The number of hydrogen-bond acceptors (Lipinski definition) is 5. The van der Waals surface area contributed by atoms with Crippen molar-refractivity contribution >= 4 is 0 Å². The highest BCUT2D eigenvalue weighted by atomic mass is 16.5. The maximum absolute atomic E-state index is 5.97. The molecule has 0 aromatic carbocycles. The first kappa shape index (κ1) is 16.9. The van der Waals surface area contributed by atoms with Gasteiger partial charge in [0.1, 0.15) is 0 Å². The summed E-state index contributed by atoms with van der Waals surface area (Å²) in [5, 5.41) is 15.2. The smallest absolute Gasteiger partial charge is 0.0896 e. The van der Waals surface area contributed by atoms with E-state index < -0.39 is 0 Å². The number of ether oxygens (including phenoxy) is 1. The molecule has 1 aliphatic rings. The van der Waals surface area contributed by atoms with Crippen LogP contribution in [0.4, 0.5) is 0 Å². The minimum absolute atomic E-state index is 0.130. The SMILES string of the molecule is CCn1cc([C@@H]2OCC[C@H]2CNCc2cn[nH]c2-c2cccnc2)cn1. The van der Waals surface area contributed by atoms with Crippen LogP contribution in [0.5, 0.6) is 0 Å². The largest absolute Gasteiger partial charge is 0.373 e. The van der Waals surface area contributed by atoms with Crippen LogP contribution in [0.25, 0.3) is 11.3 Å². The van der Waals surface area contributed by atoms with Gasteiger partial charge in [0.05, 0.1) is 24.2 Å². The second kappa shape index (κ2) is 7.80. The van der Waals surface area contributed by atoms with E-state index in [0.717, 1.165) is 49.5 Å². The molecule has 26 heavy (non-hydrogen) atoms. The molecule has 0 bridgehead atoms. The van der Waals surface area contributed by atoms with Crippen LogP contribution in [0.15, 0.2) is 43.1 Å². The van der Waals surface area contributed by atoms with E-state index in [1.54, 1.807) is 6.20 Å². The Hall–Kier alpha value is -2.51. The van der Waals surface area contributed by atoms with Crippen molar-refractivity contribution in [1.29, 1.82) is 0 Å². The summed E-state index contributed by atoms with van der Waals surface area (Å²) in [6.07, 6.45) is 10.7. The quantitative estimate of drug-likeness (QED) is 0.683. The molecule has 3 aromatic heterocycles. The summed E-state index contributed by atoms with van der Waals surface area (Å²) >= 11 is 0. The second-order valence-corrected chi connectivity index (χ2v) is 6.61. The van der Waals surface area contributed by atoms with Gasteiger partial charge in [0.2, 0.25) is 0 Å². The predicted octanol–water partition coefficient (Wildman–Crippen LogP) is 2.56. The van der Waals surface area contributed by atoms with E-state index in [4.69, 9.17) is 4.74 Å². The summed E-state index contributed by atoms with van der Waals surface area (Å²) in [6, 6.07) is 3.97. The van der Waals surface area contributed by atoms with Crippen LogP contribution in [0.3, 0.4) is 0 Å². The molecule has 1 saturated heterocycles. The Bertz CT molecular complexity index is 827. The summed E-state index contributed by atoms with van der Waals surface area (Å²) in [7, 11) is 0. The monoisotopic (exact) mass is 352 g/mol. The maximum atomic E-state index is 5.97. The van der Waals surface area contributed by atoms with Crippen molar-refractivity contribution in [3.05, 3.63) is 54.2 Å². The van der Waals surface area contributed by atoms with Crippen molar-refractivity contribution in [2.75, 3.05) is 13.2 Å². The fourth-order valence-corrected chi connectivity index (χ4v) is 3.51. The Morgan fingerprint density at radius 2 is 2.31 bits per heavy atom. The third-order valence-electron chi connectivity index (χ3n) is 4.91. The lowest BCUT2D eigenvalue weighted by molar-refractivity contribution is 0.0904. The average molecular weight is 352 g/mol. The fourth-order valence-electron chi connectivity index (χ4n) is 3.51. The summed E-state index contributed by atoms with van der Waals surface area (Å²) in [5.74, 6) is 0.457. The number of rotatable bonds is 7. The van der Waals surface area contributed by atoms with Crippen LogP contribution < -0.4 is 5.32 Å². The molecule has 7 heteroatoms. The van der Waals surface area contributed by atoms with Crippen LogP contribution in [-0.4, -0.2) is 38.1 Å². The van der Waals surface area contributed by atoms with Crippen LogP contribution in [-0.2, 0) is 17.8 Å².